The molecule has 0 aliphatic carbocycles. The number of carbonyl (C=O) groups excluding carboxylic acids is 1. The summed E-state index contributed by atoms with van der Waals surface area (Å²) in [7, 11) is -3.98. The van der Waals surface area contributed by atoms with E-state index in [0.29, 0.717) is 11.4 Å². The van der Waals surface area contributed by atoms with Gasteiger partial charge in [0.15, 0.2) is 0 Å². The molecule has 0 bridgehead atoms. The number of nitrogens with one attached hydrogen (secondary N) is 1. The number of aryl methyl sites for hydroxylation is 3. The number of rotatable bonds is 5. The first-order valence-corrected chi connectivity index (χ1v) is 13.0. The number of piperazine rings is 1. The van der Waals surface area contributed by atoms with Crippen molar-refractivity contribution in [1.82, 2.24) is 9.21 Å². The average molecular weight is 505 g/mol. The van der Waals surface area contributed by atoms with Crippen molar-refractivity contribution in [3.63, 3.8) is 0 Å². The lowest BCUT2D eigenvalue weighted by Gasteiger charge is -2.34. The summed E-state index contributed by atoms with van der Waals surface area (Å²) in [6.07, 6.45) is 0. The van der Waals surface area contributed by atoms with Gasteiger partial charge in [-0.05, 0) is 74.4 Å². The third-order valence-electron chi connectivity index (χ3n) is 5.94. The van der Waals surface area contributed by atoms with Crippen molar-refractivity contribution in [2.24, 2.45) is 0 Å². The Labute approximate surface area is 211 Å². The number of hydrogen-bond acceptors (Lipinski definition) is 5. The average Bonchev–Trinajstić information content (AvgIpc) is 2.85. The summed E-state index contributed by atoms with van der Waals surface area (Å²) in [6.45, 7) is 6.57. The molecule has 186 valence electrons. The molecule has 0 radical (unpaired) electrons. The highest BCUT2D eigenvalue weighted by Gasteiger charge is 2.32. The number of anilines is 1. The maximum absolute atomic E-state index is 13.6. The van der Waals surface area contributed by atoms with Crippen molar-refractivity contribution in [2.45, 2.75) is 25.7 Å². The lowest BCUT2D eigenvalue weighted by Crippen LogP contribution is -2.51. The molecular weight excluding hydrogens is 476 g/mol. The zero-order valence-electron chi connectivity index (χ0n) is 20.5. The van der Waals surface area contributed by atoms with Crippen LogP contribution < -0.4 is 10.1 Å². The Kier molecular flexibility index (Phi) is 7.29. The maximum Gasteiger partial charge on any atom is 0.321 e. The molecule has 0 saturated carbocycles. The monoisotopic (exact) mass is 504 g/mol. The summed E-state index contributed by atoms with van der Waals surface area (Å²) >= 11 is 0. The highest BCUT2D eigenvalue weighted by molar-refractivity contribution is 7.89. The number of nitrogens with zero attached hydrogens (tertiary/aromatic N) is 3. The van der Waals surface area contributed by atoms with E-state index < -0.39 is 10.0 Å². The van der Waals surface area contributed by atoms with Crippen LogP contribution in [0.5, 0.6) is 11.5 Å². The first-order valence-electron chi connectivity index (χ1n) is 11.6. The second kappa shape index (κ2) is 10.4. The summed E-state index contributed by atoms with van der Waals surface area (Å²) in [5, 5.41) is 12.2. The summed E-state index contributed by atoms with van der Waals surface area (Å²) in [4.78, 5) is 14.2. The molecule has 1 saturated heterocycles. The van der Waals surface area contributed by atoms with Crippen LogP contribution in [0.25, 0.3) is 0 Å². The minimum atomic E-state index is -3.98. The standard InChI is InChI=1S/C27H28N4O4S/c1-19-4-7-23(8-5-19)29-27(32)30-10-12-31(13-11-30)36(33,34)26-17-22(18-28)6-9-25(26)35-24-15-20(2)14-21(3)16-24/h4-9,14-17H,10-13H2,1-3H3,(H,29,32). The van der Waals surface area contributed by atoms with E-state index in [1.54, 1.807) is 4.90 Å². The molecule has 4 rings (SSSR count). The summed E-state index contributed by atoms with van der Waals surface area (Å²) < 4.78 is 34.6. The van der Waals surface area contributed by atoms with Gasteiger partial charge in [-0.1, -0.05) is 23.8 Å². The Balaban J connectivity index is 1.51. The highest BCUT2D eigenvalue weighted by atomic mass is 32.2. The second-order valence-electron chi connectivity index (χ2n) is 8.89. The largest absolute Gasteiger partial charge is 0.456 e. The van der Waals surface area contributed by atoms with Crippen LogP contribution in [0.2, 0.25) is 0 Å². The fourth-order valence-corrected chi connectivity index (χ4v) is 5.65. The molecule has 1 aliphatic rings. The molecule has 0 aromatic heterocycles. The van der Waals surface area contributed by atoms with Crippen LogP contribution in [0, 0.1) is 32.1 Å². The highest BCUT2D eigenvalue weighted by Crippen LogP contribution is 2.33. The Bertz CT molecular complexity index is 1400. The van der Waals surface area contributed by atoms with Crippen molar-refractivity contribution >= 4 is 21.7 Å². The normalized spacial score (nSPS) is 14.2. The van der Waals surface area contributed by atoms with Gasteiger partial charge < -0.3 is 15.0 Å². The van der Waals surface area contributed by atoms with Crippen molar-refractivity contribution in [2.75, 3.05) is 31.5 Å². The molecule has 9 heteroatoms. The Hall–Kier alpha value is -3.87. The van der Waals surface area contributed by atoms with Gasteiger partial charge in [0, 0.05) is 31.9 Å². The molecule has 3 aromatic carbocycles. The van der Waals surface area contributed by atoms with E-state index in [9.17, 15) is 18.5 Å². The molecule has 1 N–H and O–H groups in total. The zero-order valence-corrected chi connectivity index (χ0v) is 21.3. The molecule has 2 amide bonds. The van der Waals surface area contributed by atoms with Gasteiger partial charge in [0.1, 0.15) is 16.4 Å². The molecule has 1 fully saturated rings. The Morgan fingerprint density at radius 1 is 0.889 bits per heavy atom. The van der Waals surface area contributed by atoms with E-state index in [2.05, 4.69) is 5.32 Å². The van der Waals surface area contributed by atoms with E-state index >= 15 is 0 Å². The number of hydrogen-bond donors (Lipinski definition) is 1. The summed E-state index contributed by atoms with van der Waals surface area (Å²) in [6, 6.07) is 19.2. The van der Waals surface area contributed by atoms with Crippen LogP contribution in [0.3, 0.4) is 0 Å². The second-order valence-corrected chi connectivity index (χ2v) is 10.8. The van der Waals surface area contributed by atoms with Gasteiger partial charge in [0.2, 0.25) is 10.0 Å². The van der Waals surface area contributed by atoms with Gasteiger partial charge in [0.25, 0.3) is 0 Å². The molecule has 0 unspecified atom stereocenters. The van der Waals surface area contributed by atoms with Gasteiger partial charge in [-0.2, -0.15) is 9.57 Å². The Morgan fingerprint density at radius 2 is 1.53 bits per heavy atom. The molecule has 3 aromatic rings. The fraction of sp³-hybridized carbons (Fsp3) is 0.259. The molecule has 0 spiro atoms. The minimum Gasteiger partial charge on any atom is -0.456 e. The van der Waals surface area contributed by atoms with Gasteiger partial charge in [-0.3, -0.25) is 0 Å². The number of ether oxygens (including phenoxy) is 1. The summed E-state index contributed by atoms with van der Waals surface area (Å²) in [5.41, 5.74) is 3.97. The number of sulfonamides is 1. The fourth-order valence-electron chi connectivity index (χ4n) is 4.09. The van der Waals surface area contributed by atoms with Crippen molar-refractivity contribution in [3.05, 3.63) is 82.9 Å². The number of nitriles is 1. The number of amides is 2. The van der Waals surface area contributed by atoms with E-state index in [0.717, 1.165) is 16.7 Å². The van der Waals surface area contributed by atoms with E-state index in [4.69, 9.17) is 4.74 Å². The lowest BCUT2D eigenvalue weighted by atomic mass is 10.1. The first-order chi connectivity index (χ1) is 17.2. The molecule has 36 heavy (non-hydrogen) atoms. The third-order valence-corrected chi connectivity index (χ3v) is 7.86. The first kappa shape index (κ1) is 25.2. The smallest absolute Gasteiger partial charge is 0.321 e. The Morgan fingerprint density at radius 3 is 2.14 bits per heavy atom. The molecule has 1 aliphatic heterocycles. The van der Waals surface area contributed by atoms with Crippen LogP contribution in [-0.2, 0) is 10.0 Å². The van der Waals surface area contributed by atoms with Gasteiger partial charge in [0.05, 0.1) is 11.6 Å². The van der Waals surface area contributed by atoms with Crippen LogP contribution in [-0.4, -0.2) is 49.8 Å². The number of benzene rings is 3. The van der Waals surface area contributed by atoms with Crippen LogP contribution >= 0.6 is 0 Å². The van der Waals surface area contributed by atoms with E-state index in [1.807, 2.05) is 69.3 Å². The van der Waals surface area contributed by atoms with E-state index in [-0.39, 0.29) is 48.4 Å². The van der Waals surface area contributed by atoms with Crippen molar-refractivity contribution in [1.29, 1.82) is 5.26 Å². The number of carbonyl (C=O) groups is 1. The van der Waals surface area contributed by atoms with Crippen LogP contribution in [0.15, 0.2) is 65.6 Å². The molecule has 1 heterocycles. The minimum absolute atomic E-state index is 0.0710. The predicted molar refractivity (Wildman–Crippen MR) is 138 cm³/mol. The van der Waals surface area contributed by atoms with Gasteiger partial charge >= 0.3 is 6.03 Å². The van der Waals surface area contributed by atoms with Gasteiger partial charge in [-0.15, -0.1) is 0 Å². The quantitative estimate of drug-likeness (QED) is 0.537. The van der Waals surface area contributed by atoms with Crippen LogP contribution in [0.4, 0.5) is 10.5 Å². The topological polar surface area (TPSA) is 103 Å². The zero-order chi connectivity index (χ0) is 25.9. The lowest BCUT2D eigenvalue weighted by molar-refractivity contribution is 0.184. The van der Waals surface area contributed by atoms with Crippen molar-refractivity contribution < 1.29 is 17.9 Å². The number of urea groups is 1. The third kappa shape index (κ3) is 5.67. The van der Waals surface area contributed by atoms with Gasteiger partial charge in [-0.25, -0.2) is 13.2 Å². The van der Waals surface area contributed by atoms with E-state index in [1.165, 1.54) is 22.5 Å². The molecule has 0 atom stereocenters. The van der Waals surface area contributed by atoms with Crippen LogP contribution in [0.1, 0.15) is 22.3 Å². The molecular formula is C27H28N4O4S. The SMILES string of the molecule is Cc1ccc(NC(=O)N2CCN(S(=O)(=O)c3cc(C#N)ccc3Oc3cc(C)cc(C)c3)CC2)cc1. The summed E-state index contributed by atoms with van der Waals surface area (Å²) in [5.74, 6) is 0.671. The maximum atomic E-state index is 13.6. The van der Waals surface area contributed by atoms with Crippen molar-refractivity contribution in [3.8, 4) is 17.6 Å². The predicted octanol–water partition coefficient (Wildman–Crippen LogP) is 4.81. The molecule has 8 nitrogen and oxygen atoms in total.